The van der Waals surface area contributed by atoms with Gasteiger partial charge in [-0.3, -0.25) is 9.59 Å². The van der Waals surface area contributed by atoms with Crippen molar-refractivity contribution in [3.63, 3.8) is 0 Å². The van der Waals surface area contributed by atoms with Crippen molar-refractivity contribution in [1.29, 1.82) is 0 Å². The first-order valence-corrected chi connectivity index (χ1v) is 12.2. The van der Waals surface area contributed by atoms with Crippen LogP contribution in [0.15, 0.2) is 36.7 Å². The molecule has 204 valence electrons. The van der Waals surface area contributed by atoms with Crippen LogP contribution < -0.4 is 19.7 Å². The maximum absolute atomic E-state index is 13.4. The first-order valence-electron chi connectivity index (χ1n) is 12.2. The predicted octanol–water partition coefficient (Wildman–Crippen LogP) is 0.339. The van der Waals surface area contributed by atoms with E-state index in [-0.39, 0.29) is 32.3 Å². The van der Waals surface area contributed by atoms with Crippen LogP contribution in [0.4, 0.5) is 5.82 Å². The van der Waals surface area contributed by atoms with Crippen molar-refractivity contribution in [3.8, 4) is 23.1 Å². The number of nitrogens with one attached hydrogen (secondary N) is 2. The Balaban J connectivity index is 1.33. The highest BCUT2D eigenvalue weighted by Gasteiger charge is 2.36. The zero-order valence-electron chi connectivity index (χ0n) is 21.1. The highest BCUT2D eigenvalue weighted by Crippen LogP contribution is 2.32. The molecule has 1 saturated heterocycles. The number of carboxylic acids is 1. The molecule has 39 heavy (non-hydrogen) atoms. The third kappa shape index (κ3) is 6.06. The lowest BCUT2D eigenvalue weighted by Gasteiger charge is -2.41. The van der Waals surface area contributed by atoms with Crippen LogP contribution in [0, 0.1) is 6.92 Å². The number of carbonyl (C=O) groups excluding carboxylic acids is 2. The summed E-state index contributed by atoms with van der Waals surface area (Å²) in [6.07, 6.45) is 3.29. The van der Waals surface area contributed by atoms with E-state index in [0.29, 0.717) is 35.5 Å². The molecule has 0 saturated carbocycles. The maximum Gasteiger partial charge on any atom is 0.329 e. The number of carboxylic acid groups (broad SMARTS) is 1. The minimum absolute atomic E-state index is 0.147. The second-order valence-electron chi connectivity index (χ2n) is 8.97. The molecule has 2 amide bonds. The molecule has 0 spiro atoms. The molecule has 14 heteroatoms. The number of aromatic nitrogens is 4. The number of aromatic amines is 1. The third-order valence-corrected chi connectivity index (χ3v) is 6.23. The number of benzene rings is 1. The van der Waals surface area contributed by atoms with Gasteiger partial charge in [0.15, 0.2) is 23.1 Å². The number of aliphatic carboxylic acids is 1. The van der Waals surface area contributed by atoms with Crippen molar-refractivity contribution >= 4 is 23.6 Å². The second-order valence-corrected chi connectivity index (χ2v) is 8.97. The van der Waals surface area contributed by atoms with Crippen LogP contribution >= 0.6 is 0 Å². The van der Waals surface area contributed by atoms with Crippen LogP contribution in [0.25, 0.3) is 11.6 Å². The molecule has 2 aliphatic heterocycles. The second kappa shape index (κ2) is 11.3. The van der Waals surface area contributed by atoms with Gasteiger partial charge in [0, 0.05) is 50.3 Å². The number of piperazine rings is 1. The molecular formula is C25H27N7O7. The van der Waals surface area contributed by atoms with Gasteiger partial charge in [0.1, 0.15) is 25.1 Å². The van der Waals surface area contributed by atoms with Crippen molar-refractivity contribution in [2.75, 3.05) is 44.5 Å². The number of H-pyrrole nitrogens is 1. The lowest BCUT2D eigenvalue weighted by molar-refractivity contribution is -0.149. The van der Waals surface area contributed by atoms with Crippen LogP contribution in [-0.4, -0.2) is 93.4 Å². The number of hydrogen-bond donors (Lipinski definition) is 3. The zero-order chi connectivity index (χ0) is 27.4. The first-order chi connectivity index (χ1) is 18.9. The zero-order valence-corrected chi connectivity index (χ0v) is 21.1. The van der Waals surface area contributed by atoms with Gasteiger partial charge in [0.05, 0.1) is 0 Å². The molecule has 0 bridgehead atoms. The molecule has 5 rings (SSSR count). The minimum Gasteiger partial charge on any atom is -0.480 e. The lowest BCUT2D eigenvalue weighted by Crippen LogP contribution is -2.61. The number of hydrogen-bond acceptors (Lipinski definition) is 10. The van der Waals surface area contributed by atoms with E-state index in [1.54, 1.807) is 24.5 Å². The summed E-state index contributed by atoms with van der Waals surface area (Å²) in [5, 5.41) is 11.7. The molecular weight excluding hydrogens is 510 g/mol. The largest absolute Gasteiger partial charge is 0.480 e. The Kier molecular flexibility index (Phi) is 7.54. The Morgan fingerprint density at radius 3 is 2.79 bits per heavy atom. The van der Waals surface area contributed by atoms with Crippen molar-refractivity contribution in [1.82, 2.24) is 30.2 Å². The van der Waals surface area contributed by atoms with Crippen LogP contribution in [0.3, 0.4) is 0 Å². The van der Waals surface area contributed by atoms with Gasteiger partial charge in [0.2, 0.25) is 18.6 Å². The number of aryl methyl sites for hydroxylation is 1. The van der Waals surface area contributed by atoms with Crippen molar-refractivity contribution in [3.05, 3.63) is 47.9 Å². The highest BCUT2D eigenvalue weighted by molar-refractivity contribution is 5.89. The summed E-state index contributed by atoms with van der Waals surface area (Å²) >= 11 is 0. The SMILES string of the molecule is Cc1cc(N2CCN(C(=O)COCC(=O)O)C(C(=O)NCc3ccc4c(c3)OCO4)C2)nc(-c2ncc[nH]2)n1. The normalized spacial score (nSPS) is 16.3. The van der Waals surface area contributed by atoms with Gasteiger partial charge < -0.3 is 39.4 Å². The first kappa shape index (κ1) is 25.9. The fraction of sp³-hybridized carbons (Fsp3) is 0.360. The van der Waals surface area contributed by atoms with Crippen molar-refractivity contribution in [2.45, 2.75) is 19.5 Å². The van der Waals surface area contributed by atoms with Crippen LogP contribution in [0.2, 0.25) is 0 Å². The maximum atomic E-state index is 13.4. The summed E-state index contributed by atoms with van der Waals surface area (Å²) in [5.74, 6) is 0.732. The number of imidazole rings is 1. The molecule has 2 aliphatic rings. The number of rotatable bonds is 9. The number of fused-ring (bicyclic) bond motifs is 1. The van der Waals surface area contributed by atoms with Gasteiger partial charge in [-0.05, 0) is 24.6 Å². The average molecular weight is 538 g/mol. The molecule has 1 fully saturated rings. The number of amides is 2. The molecule has 3 aromatic rings. The number of anilines is 1. The minimum atomic E-state index is -1.18. The van der Waals surface area contributed by atoms with E-state index >= 15 is 0 Å². The summed E-state index contributed by atoms with van der Waals surface area (Å²) in [7, 11) is 0. The molecule has 1 atom stereocenters. The van der Waals surface area contributed by atoms with E-state index in [2.05, 4.69) is 25.3 Å². The van der Waals surface area contributed by atoms with Crippen LogP contribution in [0.5, 0.6) is 11.5 Å². The van der Waals surface area contributed by atoms with Gasteiger partial charge in [-0.1, -0.05) is 6.07 Å². The molecule has 2 aromatic heterocycles. The van der Waals surface area contributed by atoms with E-state index in [1.807, 2.05) is 24.0 Å². The monoisotopic (exact) mass is 537 g/mol. The molecule has 1 unspecified atom stereocenters. The quantitative estimate of drug-likeness (QED) is 0.344. The number of nitrogens with zero attached hydrogens (tertiary/aromatic N) is 5. The molecule has 4 heterocycles. The van der Waals surface area contributed by atoms with Crippen LogP contribution in [0.1, 0.15) is 11.3 Å². The topological polar surface area (TPSA) is 172 Å². The summed E-state index contributed by atoms with van der Waals surface area (Å²) in [6.45, 7) is 1.89. The fourth-order valence-corrected chi connectivity index (χ4v) is 4.39. The molecule has 0 radical (unpaired) electrons. The Labute approximate surface area is 222 Å². The fourth-order valence-electron chi connectivity index (χ4n) is 4.39. The van der Waals surface area contributed by atoms with Gasteiger partial charge in [0.25, 0.3) is 0 Å². The highest BCUT2D eigenvalue weighted by atomic mass is 16.7. The Morgan fingerprint density at radius 1 is 1.15 bits per heavy atom. The van der Waals surface area contributed by atoms with Crippen molar-refractivity contribution in [2.24, 2.45) is 0 Å². The van der Waals surface area contributed by atoms with Crippen LogP contribution in [-0.2, 0) is 25.7 Å². The summed E-state index contributed by atoms with van der Waals surface area (Å²) in [5.41, 5.74) is 1.52. The molecule has 14 nitrogen and oxygen atoms in total. The van der Waals surface area contributed by atoms with E-state index in [9.17, 15) is 14.4 Å². The Morgan fingerprint density at radius 2 is 2.00 bits per heavy atom. The van der Waals surface area contributed by atoms with Gasteiger partial charge >= 0.3 is 5.97 Å². The summed E-state index contributed by atoms with van der Waals surface area (Å²) < 4.78 is 15.7. The Bertz CT molecular complexity index is 1360. The predicted molar refractivity (Wildman–Crippen MR) is 135 cm³/mol. The van der Waals surface area contributed by atoms with E-state index in [1.165, 1.54) is 4.90 Å². The van der Waals surface area contributed by atoms with E-state index < -0.39 is 31.1 Å². The standard InChI is InChI=1S/C25H27N7O7/c1-15-8-20(30-24(29-15)23-26-4-5-27-23)31-6-7-32(21(33)12-37-13-22(34)35)17(11-31)25(36)28-10-16-2-3-18-19(9-16)39-14-38-18/h2-5,8-9,17H,6-7,10-14H2,1H3,(H,26,27)(H,28,36)(H,34,35). The average Bonchev–Trinajstić information content (AvgIpc) is 3.63. The Hall–Kier alpha value is -4.72. The van der Waals surface area contributed by atoms with E-state index in [4.69, 9.17) is 19.3 Å². The van der Waals surface area contributed by atoms with Gasteiger partial charge in [-0.25, -0.2) is 19.7 Å². The third-order valence-electron chi connectivity index (χ3n) is 6.23. The lowest BCUT2D eigenvalue weighted by atomic mass is 10.1. The molecule has 0 aliphatic carbocycles. The summed E-state index contributed by atoms with van der Waals surface area (Å²) in [4.78, 5) is 56.8. The number of ether oxygens (including phenoxy) is 3. The van der Waals surface area contributed by atoms with E-state index in [0.717, 1.165) is 11.3 Å². The molecule has 1 aromatic carbocycles. The molecule has 3 N–H and O–H groups in total. The number of carbonyl (C=O) groups is 3. The van der Waals surface area contributed by atoms with Gasteiger partial charge in [-0.2, -0.15) is 0 Å². The summed E-state index contributed by atoms with van der Waals surface area (Å²) in [6, 6.07) is 6.31. The van der Waals surface area contributed by atoms with Gasteiger partial charge in [-0.15, -0.1) is 0 Å². The smallest absolute Gasteiger partial charge is 0.329 e. The van der Waals surface area contributed by atoms with Crippen molar-refractivity contribution < 1.29 is 33.7 Å².